The summed E-state index contributed by atoms with van der Waals surface area (Å²) in [5, 5.41) is 10.7. The molecule has 7 heteroatoms. The Bertz CT molecular complexity index is 658. The molecule has 2 amide bonds. The van der Waals surface area contributed by atoms with Gasteiger partial charge in [0, 0.05) is 31.4 Å². The number of carbonyl (C=O) groups is 2. The van der Waals surface area contributed by atoms with Crippen LogP contribution in [0, 0.1) is 0 Å². The van der Waals surface area contributed by atoms with Gasteiger partial charge in [-0.05, 0) is 32.9 Å². The molecule has 0 bridgehead atoms. The van der Waals surface area contributed by atoms with Crippen molar-refractivity contribution in [1.82, 2.24) is 14.8 Å². The highest BCUT2D eigenvalue weighted by molar-refractivity contribution is 5.82. The van der Waals surface area contributed by atoms with Gasteiger partial charge in [-0.25, -0.2) is 4.79 Å². The third-order valence-corrected chi connectivity index (χ3v) is 4.75. The van der Waals surface area contributed by atoms with Crippen LogP contribution in [-0.2, 0) is 16.0 Å². The van der Waals surface area contributed by atoms with E-state index in [1.165, 1.54) is 0 Å². The Morgan fingerprint density at radius 3 is 2.80 bits per heavy atom. The Labute approximate surface area is 147 Å². The molecule has 25 heavy (non-hydrogen) atoms. The summed E-state index contributed by atoms with van der Waals surface area (Å²) in [5.41, 5.74) is -0.653. The number of fused-ring (bicyclic) bond motifs is 1. The third-order valence-electron chi connectivity index (χ3n) is 4.75. The first-order valence-corrected chi connectivity index (χ1v) is 8.58. The average Bonchev–Trinajstić information content (AvgIpc) is 2.77. The van der Waals surface area contributed by atoms with Crippen molar-refractivity contribution >= 4 is 12.0 Å². The van der Waals surface area contributed by atoms with Crippen molar-refractivity contribution in [2.75, 3.05) is 19.6 Å². The molecule has 1 aromatic rings. The largest absolute Gasteiger partial charge is 0.444 e. The van der Waals surface area contributed by atoms with E-state index in [4.69, 9.17) is 4.74 Å². The first kappa shape index (κ1) is 17.7. The number of nitrogens with zero attached hydrogens (tertiary/aromatic N) is 3. The van der Waals surface area contributed by atoms with Gasteiger partial charge in [0.15, 0.2) is 0 Å². The lowest BCUT2D eigenvalue weighted by atomic mass is 9.85. The minimum Gasteiger partial charge on any atom is -0.444 e. The summed E-state index contributed by atoms with van der Waals surface area (Å²) in [5.74, 6) is -0.0766. The van der Waals surface area contributed by atoms with E-state index in [0.717, 1.165) is 5.69 Å². The molecule has 1 aromatic heterocycles. The molecule has 1 N–H and O–H groups in total. The van der Waals surface area contributed by atoms with Gasteiger partial charge in [0.25, 0.3) is 0 Å². The molecular formula is C18H25N3O4. The van der Waals surface area contributed by atoms with Crippen LogP contribution < -0.4 is 0 Å². The summed E-state index contributed by atoms with van der Waals surface area (Å²) < 4.78 is 5.47. The summed E-state index contributed by atoms with van der Waals surface area (Å²) in [6.07, 6.45) is 0.912. The topological polar surface area (TPSA) is 83.0 Å². The van der Waals surface area contributed by atoms with Crippen LogP contribution in [0.25, 0.3) is 0 Å². The van der Waals surface area contributed by atoms with Crippen LogP contribution in [0.5, 0.6) is 0 Å². The third kappa shape index (κ3) is 3.46. The van der Waals surface area contributed by atoms with E-state index in [1.807, 2.05) is 39.0 Å². The van der Waals surface area contributed by atoms with Crippen molar-refractivity contribution in [3.8, 4) is 0 Å². The molecule has 0 radical (unpaired) electrons. The molecule has 2 saturated heterocycles. The minimum atomic E-state index is -0.847. The zero-order chi connectivity index (χ0) is 18.2. The van der Waals surface area contributed by atoms with Crippen LogP contribution in [0.1, 0.15) is 32.9 Å². The number of rotatable bonds is 2. The fraction of sp³-hybridized carbons (Fsp3) is 0.611. The van der Waals surface area contributed by atoms with Crippen LogP contribution in [-0.4, -0.2) is 68.8 Å². The maximum Gasteiger partial charge on any atom is 0.410 e. The number of aromatic nitrogens is 1. The number of ether oxygens (including phenoxy) is 1. The van der Waals surface area contributed by atoms with E-state index in [2.05, 4.69) is 4.98 Å². The van der Waals surface area contributed by atoms with Crippen molar-refractivity contribution < 1.29 is 19.4 Å². The van der Waals surface area contributed by atoms with Crippen LogP contribution in [0.2, 0.25) is 0 Å². The summed E-state index contributed by atoms with van der Waals surface area (Å²) in [6, 6.07) is 5.57. The van der Waals surface area contributed by atoms with E-state index in [-0.39, 0.29) is 18.9 Å². The molecule has 0 saturated carbocycles. The van der Waals surface area contributed by atoms with Gasteiger partial charge in [-0.2, -0.15) is 0 Å². The van der Waals surface area contributed by atoms with E-state index >= 15 is 0 Å². The average molecular weight is 347 g/mol. The second-order valence-corrected chi connectivity index (χ2v) is 7.77. The van der Waals surface area contributed by atoms with Gasteiger partial charge in [-0.1, -0.05) is 6.07 Å². The number of aliphatic hydroxyl groups is 1. The first-order chi connectivity index (χ1) is 11.7. The quantitative estimate of drug-likeness (QED) is 0.869. The van der Waals surface area contributed by atoms with Gasteiger partial charge in [-0.15, -0.1) is 0 Å². The summed E-state index contributed by atoms with van der Waals surface area (Å²) in [4.78, 5) is 32.5. The highest BCUT2D eigenvalue weighted by atomic mass is 16.6. The van der Waals surface area contributed by atoms with Crippen molar-refractivity contribution in [2.45, 2.75) is 50.9 Å². The second-order valence-electron chi connectivity index (χ2n) is 7.77. The first-order valence-electron chi connectivity index (χ1n) is 8.58. The van der Waals surface area contributed by atoms with Crippen molar-refractivity contribution in [3.63, 3.8) is 0 Å². The lowest BCUT2D eigenvalue weighted by Crippen LogP contribution is -2.66. The molecule has 7 nitrogen and oxygen atoms in total. The number of carbonyl (C=O) groups excluding carboxylic acids is 2. The lowest BCUT2D eigenvalue weighted by Gasteiger charge is -2.48. The van der Waals surface area contributed by atoms with Gasteiger partial charge >= 0.3 is 6.09 Å². The molecule has 2 unspecified atom stereocenters. The van der Waals surface area contributed by atoms with Gasteiger partial charge in [-0.3, -0.25) is 9.78 Å². The normalized spacial score (nSPS) is 26.6. The molecule has 2 aliphatic heterocycles. The van der Waals surface area contributed by atoms with Crippen LogP contribution in [0.15, 0.2) is 24.4 Å². The highest BCUT2D eigenvalue weighted by Gasteiger charge is 2.56. The smallest absolute Gasteiger partial charge is 0.410 e. The molecule has 0 aromatic carbocycles. The molecule has 3 rings (SSSR count). The Kier molecular flexibility index (Phi) is 4.45. The molecule has 2 fully saturated rings. The van der Waals surface area contributed by atoms with E-state index < -0.39 is 23.3 Å². The number of hydrogen-bond acceptors (Lipinski definition) is 5. The summed E-state index contributed by atoms with van der Waals surface area (Å²) in [7, 11) is 0. The molecule has 2 atom stereocenters. The predicted octanol–water partition coefficient (Wildman–Crippen LogP) is 1.21. The Hall–Kier alpha value is -2.15. The zero-order valence-electron chi connectivity index (χ0n) is 14.9. The Balaban J connectivity index is 1.86. The zero-order valence-corrected chi connectivity index (χ0v) is 14.9. The van der Waals surface area contributed by atoms with E-state index in [0.29, 0.717) is 19.5 Å². The molecule has 0 spiro atoms. The minimum absolute atomic E-state index is 0.0766. The maximum absolute atomic E-state index is 12.5. The van der Waals surface area contributed by atoms with Crippen molar-refractivity contribution in [1.29, 1.82) is 0 Å². The predicted molar refractivity (Wildman–Crippen MR) is 90.8 cm³/mol. The Morgan fingerprint density at radius 1 is 1.40 bits per heavy atom. The van der Waals surface area contributed by atoms with E-state index in [9.17, 15) is 14.7 Å². The Morgan fingerprint density at radius 2 is 2.16 bits per heavy atom. The number of hydrogen-bond donors (Lipinski definition) is 1. The SMILES string of the molecule is CC(C)(C)OC(=O)N1CCN2C(=O)CC(O)C2(Cc2ccccn2)C1. The fourth-order valence-corrected chi connectivity index (χ4v) is 3.63. The van der Waals surface area contributed by atoms with Crippen LogP contribution in [0.4, 0.5) is 4.79 Å². The maximum atomic E-state index is 12.5. The van der Waals surface area contributed by atoms with Gasteiger partial charge < -0.3 is 19.6 Å². The standard InChI is InChI=1S/C18H25N3O4/c1-17(2,3)25-16(24)20-8-9-21-15(23)10-14(22)18(21,12-20)11-13-6-4-5-7-19-13/h4-7,14,22H,8-12H2,1-3H3. The summed E-state index contributed by atoms with van der Waals surface area (Å²) in [6.45, 7) is 6.49. The highest BCUT2D eigenvalue weighted by Crippen LogP contribution is 2.37. The van der Waals surface area contributed by atoms with Gasteiger partial charge in [0.1, 0.15) is 5.60 Å². The molecule has 0 aliphatic carbocycles. The molecular weight excluding hydrogens is 322 g/mol. The monoisotopic (exact) mass is 347 g/mol. The molecule has 2 aliphatic rings. The number of pyridine rings is 1. The molecule has 136 valence electrons. The van der Waals surface area contributed by atoms with Gasteiger partial charge in [0.2, 0.25) is 5.91 Å². The van der Waals surface area contributed by atoms with Crippen molar-refractivity contribution in [3.05, 3.63) is 30.1 Å². The van der Waals surface area contributed by atoms with Crippen LogP contribution >= 0.6 is 0 Å². The second kappa shape index (κ2) is 6.29. The summed E-state index contributed by atoms with van der Waals surface area (Å²) >= 11 is 0. The lowest BCUT2D eigenvalue weighted by molar-refractivity contribution is -0.135. The van der Waals surface area contributed by atoms with E-state index in [1.54, 1.807) is 16.0 Å². The number of aliphatic hydroxyl groups excluding tert-OH is 1. The van der Waals surface area contributed by atoms with Crippen LogP contribution in [0.3, 0.4) is 0 Å². The molecule has 3 heterocycles. The fourth-order valence-electron chi connectivity index (χ4n) is 3.63. The van der Waals surface area contributed by atoms with Gasteiger partial charge in [0.05, 0.1) is 24.6 Å². The number of amides is 2. The number of piperazine rings is 1. The van der Waals surface area contributed by atoms with Crippen molar-refractivity contribution in [2.24, 2.45) is 0 Å².